The van der Waals surface area contributed by atoms with Crippen LogP contribution in [0, 0.1) is 0 Å². The number of rotatable bonds is 6. The summed E-state index contributed by atoms with van der Waals surface area (Å²) in [6, 6.07) is 5.50. The van der Waals surface area contributed by atoms with Gasteiger partial charge in [0.15, 0.2) is 5.78 Å². The van der Waals surface area contributed by atoms with Crippen LogP contribution in [0.15, 0.2) is 24.4 Å². The monoisotopic (exact) mass is 277 g/mol. The maximum Gasteiger partial charge on any atom is 0.329 e. The molecule has 0 fully saturated rings. The molecule has 6 heteroatoms. The number of carboxylic acid groups (broad SMARTS) is 1. The molecule has 1 N–H and O–H groups in total. The Morgan fingerprint density at radius 2 is 2.05 bits per heavy atom. The van der Waals surface area contributed by atoms with Crippen LogP contribution in [0.3, 0.4) is 0 Å². The van der Waals surface area contributed by atoms with Crippen molar-refractivity contribution in [1.82, 2.24) is 4.57 Å². The highest BCUT2D eigenvalue weighted by molar-refractivity contribution is 6.10. The number of methoxy groups -OCH3 is 1. The van der Waals surface area contributed by atoms with E-state index in [1.807, 2.05) is 23.7 Å². The summed E-state index contributed by atoms with van der Waals surface area (Å²) in [6.07, 6.45) is 1.69. The lowest BCUT2D eigenvalue weighted by Crippen LogP contribution is -2.14. The molecule has 0 spiro atoms. The Labute approximate surface area is 115 Å². The van der Waals surface area contributed by atoms with Gasteiger partial charge in [-0.15, -0.1) is 0 Å². The molecule has 0 aliphatic rings. The van der Waals surface area contributed by atoms with Crippen LogP contribution in [-0.2, 0) is 16.6 Å². The molecule has 2 aromatic rings. The van der Waals surface area contributed by atoms with Gasteiger partial charge in [-0.2, -0.15) is 0 Å². The molecule has 0 amide bonds. The Hall–Kier alpha value is -2.34. The fourth-order valence-corrected chi connectivity index (χ4v) is 2.10. The van der Waals surface area contributed by atoms with Crippen molar-refractivity contribution in [3.8, 4) is 5.75 Å². The first-order chi connectivity index (χ1) is 9.54. The minimum Gasteiger partial charge on any atom is -0.496 e. The second-order valence-electron chi connectivity index (χ2n) is 4.32. The third-order valence-corrected chi connectivity index (χ3v) is 2.96. The molecule has 1 aromatic carbocycles. The molecule has 6 nitrogen and oxygen atoms in total. The number of carboxylic acids is 1. The summed E-state index contributed by atoms with van der Waals surface area (Å²) in [4.78, 5) is 22.5. The second kappa shape index (κ2) is 5.75. The van der Waals surface area contributed by atoms with Crippen molar-refractivity contribution in [2.75, 3.05) is 20.3 Å². The third kappa shape index (κ3) is 2.65. The van der Waals surface area contributed by atoms with Crippen LogP contribution in [0.5, 0.6) is 5.75 Å². The number of nitrogens with zero attached hydrogens (tertiary/aromatic N) is 1. The van der Waals surface area contributed by atoms with Gasteiger partial charge in [-0.25, -0.2) is 4.79 Å². The van der Waals surface area contributed by atoms with E-state index in [0.717, 1.165) is 5.52 Å². The summed E-state index contributed by atoms with van der Waals surface area (Å²) >= 11 is 0. The molecule has 2 rings (SSSR count). The number of Topliss-reactive ketones (excluding diaryl/α,β-unsaturated/α-hetero) is 1. The fraction of sp³-hybridized carbons (Fsp3) is 0.286. The van der Waals surface area contributed by atoms with Crippen LogP contribution in [0.2, 0.25) is 0 Å². The largest absolute Gasteiger partial charge is 0.496 e. The summed E-state index contributed by atoms with van der Waals surface area (Å²) in [6.45, 7) is -0.767. The number of aryl methyl sites for hydroxylation is 1. The Morgan fingerprint density at radius 3 is 2.70 bits per heavy atom. The van der Waals surface area contributed by atoms with Crippen LogP contribution < -0.4 is 4.74 Å². The summed E-state index contributed by atoms with van der Waals surface area (Å²) in [7, 11) is 3.37. The number of ether oxygens (including phenoxy) is 2. The summed E-state index contributed by atoms with van der Waals surface area (Å²) < 4.78 is 11.9. The Balaban J connectivity index is 2.34. The summed E-state index contributed by atoms with van der Waals surface area (Å²) in [5.41, 5.74) is 1.33. The average Bonchev–Trinajstić information content (AvgIpc) is 2.76. The van der Waals surface area contributed by atoms with Crippen LogP contribution in [0.25, 0.3) is 10.9 Å². The molecular formula is C14H15NO5. The van der Waals surface area contributed by atoms with Gasteiger partial charge in [-0.1, -0.05) is 6.07 Å². The molecule has 0 aliphatic heterocycles. The molecule has 106 valence electrons. The van der Waals surface area contributed by atoms with Gasteiger partial charge in [-0.05, 0) is 12.1 Å². The van der Waals surface area contributed by atoms with Gasteiger partial charge in [0.2, 0.25) is 0 Å². The van der Waals surface area contributed by atoms with E-state index in [9.17, 15) is 9.59 Å². The smallest absolute Gasteiger partial charge is 0.329 e. The molecule has 1 heterocycles. The Morgan fingerprint density at radius 1 is 1.30 bits per heavy atom. The average molecular weight is 277 g/mol. The first kappa shape index (κ1) is 14.1. The van der Waals surface area contributed by atoms with Crippen LogP contribution in [0.1, 0.15) is 10.4 Å². The van der Waals surface area contributed by atoms with Crippen LogP contribution in [0.4, 0.5) is 0 Å². The minimum atomic E-state index is -1.10. The third-order valence-electron chi connectivity index (χ3n) is 2.96. The molecule has 0 atom stereocenters. The van der Waals surface area contributed by atoms with E-state index in [1.54, 1.807) is 12.3 Å². The quantitative estimate of drug-likeness (QED) is 0.809. The number of ketones is 1. The van der Waals surface area contributed by atoms with Crippen molar-refractivity contribution >= 4 is 22.7 Å². The first-order valence-corrected chi connectivity index (χ1v) is 5.99. The summed E-state index contributed by atoms with van der Waals surface area (Å²) in [5, 5.41) is 9.20. The van der Waals surface area contributed by atoms with Gasteiger partial charge < -0.3 is 19.1 Å². The van der Waals surface area contributed by atoms with E-state index in [1.165, 1.54) is 7.11 Å². The number of aromatic nitrogens is 1. The van der Waals surface area contributed by atoms with Crippen LogP contribution >= 0.6 is 0 Å². The van der Waals surface area contributed by atoms with Crippen molar-refractivity contribution in [2.45, 2.75) is 0 Å². The predicted octanol–water partition coefficient (Wildman–Crippen LogP) is 1.47. The Kier molecular flexibility index (Phi) is 4.05. The maximum atomic E-state index is 12.1. The zero-order chi connectivity index (χ0) is 14.7. The highest BCUT2D eigenvalue weighted by Gasteiger charge is 2.17. The van der Waals surface area contributed by atoms with E-state index in [2.05, 4.69) is 0 Å². The SMILES string of the molecule is COc1cccc2c1c(C(=O)COCC(=O)O)cn2C. The van der Waals surface area contributed by atoms with Gasteiger partial charge in [0.1, 0.15) is 19.0 Å². The second-order valence-corrected chi connectivity index (χ2v) is 4.32. The van der Waals surface area contributed by atoms with Gasteiger partial charge in [-0.3, -0.25) is 4.79 Å². The highest BCUT2D eigenvalue weighted by Crippen LogP contribution is 2.30. The summed E-state index contributed by atoms with van der Waals surface area (Å²) in [5.74, 6) is -0.778. The van der Waals surface area contributed by atoms with Gasteiger partial charge in [0.25, 0.3) is 0 Å². The number of hydrogen-bond donors (Lipinski definition) is 1. The molecule has 1 aromatic heterocycles. The lowest BCUT2D eigenvalue weighted by atomic mass is 10.1. The molecule has 0 saturated carbocycles. The molecule has 20 heavy (non-hydrogen) atoms. The number of hydrogen-bond acceptors (Lipinski definition) is 4. The molecule has 0 saturated heterocycles. The minimum absolute atomic E-state index is 0.274. The van der Waals surface area contributed by atoms with Crippen molar-refractivity contribution in [1.29, 1.82) is 0 Å². The number of carbonyl (C=O) groups is 2. The van der Waals surface area contributed by atoms with E-state index >= 15 is 0 Å². The van der Waals surface area contributed by atoms with Crippen molar-refractivity contribution in [2.24, 2.45) is 7.05 Å². The lowest BCUT2D eigenvalue weighted by molar-refractivity contribution is -0.141. The van der Waals surface area contributed by atoms with Gasteiger partial charge in [0, 0.05) is 18.8 Å². The normalized spacial score (nSPS) is 10.7. The number of carbonyl (C=O) groups excluding carboxylic acids is 1. The highest BCUT2D eigenvalue weighted by atomic mass is 16.5. The number of aliphatic carboxylic acids is 1. The molecule has 0 aliphatic carbocycles. The first-order valence-electron chi connectivity index (χ1n) is 5.99. The van der Waals surface area contributed by atoms with E-state index < -0.39 is 12.6 Å². The van der Waals surface area contributed by atoms with Gasteiger partial charge >= 0.3 is 5.97 Å². The maximum absolute atomic E-state index is 12.1. The number of fused-ring (bicyclic) bond motifs is 1. The van der Waals surface area contributed by atoms with Crippen LogP contribution in [-0.4, -0.2) is 41.7 Å². The molecule has 0 unspecified atom stereocenters. The lowest BCUT2D eigenvalue weighted by Gasteiger charge is -2.04. The van der Waals surface area contributed by atoms with E-state index in [4.69, 9.17) is 14.6 Å². The predicted molar refractivity (Wildman–Crippen MR) is 72.3 cm³/mol. The zero-order valence-corrected chi connectivity index (χ0v) is 11.3. The van der Waals surface area contributed by atoms with E-state index in [-0.39, 0.29) is 12.4 Å². The van der Waals surface area contributed by atoms with E-state index in [0.29, 0.717) is 16.7 Å². The number of benzene rings is 1. The standard InChI is InChI=1S/C14H15NO5/c1-15-6-9(11(16)7-20-8-13(17)18)14-10(15)4-3-5-12(14)19-2/h3-6H,7-8H2,1-2H3,(H,17,18). The molecular weight excluding hydrogens is 262 g/mol. The fourth-order valence-electron chi connectivity index (χ4n) is 2.10. The van der Waals surface area contributed by atoms with Crippen molar-refractivity contribution in [3.63, 3.8) is 0 Å². The topological polar surface area (TPSA) is 77.8 Å². The van der Waals surface area contributed by atoms with Crippen molar-refractivity contribution < 1.29 is 24.2 Å². The zero-order valence-electron chi connectivity index (χ0n) is 11.3. The van der Waals surface area contributed by atoms with Gasteiger partial charge in [0.05, 0.1) is 18.0 Å². The molecule has 0 radical (unpaired) electrons. The molecule has 0 bridgehead atoms. The van der Waals surface area contributed by atoms with Crippen molar-refractivity contribution in [3.05, 3.63) is 30.0 Å². The Bertz CT molecular complexity index is 659.